The van der Waals surface area contributed by atoms with Crippen LogP contribution in [-0.4, -0.2) is 5.13 Å². The van der Waals surface area contributed by atoms with Crippen LogP contribution in [0.5, 0.6) is 0 Å². The number of halogens is 2. The van der Waals surface area contributed by atoms with Crippen LogP contribution in [0, 0.1) is 11.3 Å². The van der Waals surface area contributed by atoms with Crippen molar-refractivity contribution in [1.82, 2.24) is 0 Å². The van der Waals surface area contributed by atoms with E-state index in [9.17, 15) is 4.39 Å². The Kier molecular flexibility index (Phi) is 1.33. The van der Waals surface area contributed by atoms with Crippen molar-refractivity contribution in [2.24, 2.45) is 11.3 Å². The standard InChI is InChI=1S/C7H12ClF/c1-6(2,3)5-4-7(5,8)9/h5H,4H2,1-3H3. The molecule has 0 spiro atoms. The monoisotopic (exact) mass is 150 g/mol. The molecular weight excluding hydrogens is 139 g/mol. The second-order valence-corrected chi connectivity index (χ2v) is 4.51. The van der Waals surface area contributed by atoms with Crippen LogP contribution in [0.25, 0.3) is 0 Å². The van der Waals surface area contributed by atoms with Crippen molar-refractivity contribution in [3.63, 3.8) is 0 Å². The lowest BCUT2D eigenvalue weighted by atomic mass is 9.90. The van der Waals surface area contributed by atoms with Gasteiger partial charge in [0.05, 0.1) is 0 Å². The highest BCUT2D eigenvalue weighted by atomic mass is 35.5. The van der Waals surface area contributed by atoms with Gasteiger partial charge in [0, 0.05) is 12.3 Å². The summed E-state index contributed by atoms with van der Waals surface area (Å²) >= 11 is 5.43. The molecule has 0 aliphatic heterocycles. The second kappa shape index (κ2) is 1.63. The van der Waals surface area contributed by atoms with E-state index < -0.39 is 5.13 Å². The minimum absolute atomic E-state index is 0.0382. The Morgan fingerprint density at radius 2 is 1.89 bits per heavy atom. The van der Waals surface area contributed by atoms with E-state index in [1.165, 1.54) is 0 Å². The van der Waals surface area contributed by atoms with E-state index in [0.717, 1.165) is 0 Å². The van der Waals surface area contributed by atoms with Crippen LogP contribution in [0.15, 0.2) is 0 Å². The van der Waals surface area contributed by atoms with Gasteiger partial charge in [-0.15, -0.1) is 0 Å². The maximum atomic E-state index is 12.7. The van der Waals surface area contributed by atoms with Crippen molar-refractivity contribution in [2.75, 3.05) is 0 Å². The van der Waals surface area contributed by atoms with Gasteiger partial charge in [-0.2, -0.15) is 0 Å². The fourth-order valence-electron chi connectivity index (χ4n) is 1.15. The van der Waals surface area contributed by atoms with E-state index in [-0.39, 0.29) is 11.3 Å². The lowest BCUT2D eigenvalue weighted by molar-refractivity contribution is 0.275. The molecule has 0 amide bonds. The number of rotatable bonds is 0. The summed E-state index contributed by atoms with van der Waals surface area (Å²) < 4.78 is 12.7. The molecule has 0 bridgehead atoms. The summed E-state index contributed by atoms with van der Waals surface area (Å²) in [5.74, 6) is 0.0617. The van der Waals surface area contributed by atoms with Crippen molar-refractivity contribution >= 4 is 11.6 Å². The summed E-state index contributed by atoms with van der Waals surface area (Å²) in [6, 6.07) is 0. The molecule has 1 rings (SSSR count). The lowest BCUT2D eigenvalue weighted by Crippen LogP contribution is -2.12. The minimum Gasteiger partial charge on any atom is -0.226 e. The molecule has 0 aromatic heterocycles. The molecule has 0 saturated heterocycles. The molecule has 2 heteroatoms. The zero-order chi connectivity index (χ0) is 7.28. The zero-order valence-electron chi connectivity index (χ0n) is 6.04. The Labute approximate surface area is 60.4 Å². The molecule has 2 unspecified atom stereocenters. The van der Waals surface area contributed by atoms with Crippen molar-refractivity contribution in [2.45, 2.75) is 32.3 Å². The maximum Gasteiger partial charge on any atom is 0.187 e. The highest BCUT2D eigenvalue weighted by molar-refractivity contribution is 6.25. The van der Waals surface area contributed by atoms with E-state index in [0.29, 0.717) is 6.42 Å². The van der Waals surface area contributed by atoms with E-state index >= 15 is 0 Å². The van der Waals surface area contributed by atoms with Gasteiger partial charge in [0.2, 0.25) is 0 Å². The second-order valence-electron chi connectivity index (χ2n) is 3.88. The van der Waals surface area contributed by atoms with Gasteiger partial charge in [0.15, 0.2) is 5.13 Å². The Morgan fingerprint density at radius 3 is 1.89 bits per heavy atom. The molecular formula is C7H12ClF. The summed E-state index contributed by atoms with van der Waals surface area (Å²) in [4.78, 5) is 0. The summed E-state index contributed by atoms with van der Waals surface area (Å²) in [5.41, 5.74) is 0.0382. The lowest BCUT2D eigenvalue weighted by Gasteiger charge is -2.17. The van der Waals surface area contributed by atoms with Crippen LogP contribution in [0.3, 0.4) is 0 Å². The van der Waals surface area contributed by atoms with Crippen LogP contribution in [0.2, 0.25) is 0 Å². The van der Waals surface area contributed by atoms with Crippen LogP contribution in [-0.2, 0) is 0 Å². The average Bonchev–Trinajstić information content (AvgIpc) is 2.10. The first-order valence-corrected chi connectivity index (χ1v) is 3.60. The first-order valence-electron chi connectivity index (χ1n) is 3.22. The van der Waals surface area contributed by atoms with E-state index in [4.69, 9.17) is 11.6 Å². The summed E-state index contributed by atoms with van der Waals surface area (Å²) in [6.07, 6.45) is 0.526. The van der Waals surface area contributed by atoms with Gasteiger partial charge < -0.3 is 0 Å². The molecule has 1 aliphatic rings. The molecule has 0 aromatic carbocycles. The van der Waals surface area contributed by atoms with Gasteiger partial charge in [-0.25, -0.2) is 4.39 Å². The van der Waals surface area contributed by atoms with Gasteiger partial charge >= 0.3 is 0 Å². The molecule has 1 aliphatic carbocycles. The molecule has 0 aromatic rings. The number of alkyl halides is 2. The third kappa shape index (κ3) is 1.37. The minimum atomic E-state index is -1.38. The van der Waals surface area contributed by atoms with Crippen LogP contribution < -0.4 is 0 Å². The molecule has 0 nitrogen and oxygen atoms in total. The largest absolute Gasteiger partial charge is 0.226 e. The number of hydrogen-bond donors (Lipinski definition) is 0. The Morgan fingerprint density at radius 1 is 1.56 bits per heavy atom. The quantitative estimate of drug-likeness (QED) is 0.466. The van der Waals surface area contributed by atoms with Crippen molar-refractivity contribution in [3.05, 3.63) is 0 Å². The van der Waals surface area contributed by atoms with Crippen LogP contribution >= 0.6 is 11.6 Å². The van der Waals surface area contributed by atoms with E-state index in [1.54, 1.807) is 0 Å². The summed E-state index contributed by atoms with van der Waals surface area (Å²) in [7, 11) is 0. The molecule has 0 radical (unpaired) electrons. The molecule has 1 fully saturated rings. The van der Waals surface area contributed by atoms with Crippen LogP contribution in [0.4, 0.5) is 4.39 Å². The van der Waals surface area contributed by atoms with Gasteiger partial charge in [-0.1, -0.05) is 32.4 Å². The molecule has 1 saturated carbocycles. The molecule has 54 valence electrons. The normalized spacial score (nSPS) is 43.0. The van der Waals surface area contributed by atoms with Crippen molar-refractivity contribution in [1.29, 1.82) is 0 Å². The van der Waals surface area contributed by atoms with Crippen LogP contribution in [0.1, 0.15) is 27.2 Å². The molecule has 2 atom stereocenters. The smallest absolute Gasteiger partial charge is 0.187 e. The molecule has 0 heterocycles. The highest BCUT2D eigenvalue weighted by Crippen LogP contribution is 2.59. The Balaban J connectivity index is 2.52. The fourth-order valence-corrected chi connectivity index (χ4v) is 1.63. The maximum absolute atomic E-state index is 12.7. The van der Waals surface area contributed by atoms with Gasteiger partial charge in [0.25, 0.3) is 0 Å². The SMILES string of the molecule is CC(C)(C)C1CC1(F)Cl. The molecule has 0 N–H and O–H groups in total. The van der Waals surface area contributed by atoms with Gasteiger partial charge in [-0.3, -0.25) is 0 Å². The topological polar surface area (TPSA) is 0 Å². The van der Waals surface area contributed by atoms with Crippen molar-refractivity contribution < 1.29 is 4.39 Å². The zero-order valence-corrected chi connectivity index (χ0v) is 6.80. The first-order chi connectivity index (χ1) is 3.84. The van der Waals surface area contributed by atoms with Crippen molar-refractivity contribution in [3.8, 4) is 0 Å². The van der Waals surface area contributed by atoms with Gasteiger partial charge in [0.1, 0.15) is 0 Å². The fraction of sp³-hybridized carbons (Fsp3) is 1.00. The van der Waals surface area contributed by atoms with Gasteiger partial charge in [-0.05, 0) is 5.41 Å². The Hall–Kier alpha value is 0.220. The third-order valence-electron chi connectivity index (χ3n) is 1.87. The van der Waals surface area contributed by atoms with E-state index in [1.807, 2.05) is 20.8 Å². The highest BCUT2D eigenvalue weighted by Gasteiger charge is 2.59. The summed E-state index contributed by atoms with van der Waals surface area (Å²) in [6.45, 7) is 6.05. The third-order valence-corrected chi connectivity index (χ3v) is 2.29. The average molecular weight is 151 g/mol. The molecule has 9 heavy (non-hydrogen) atoms. The van der Waals surface area contributed by atoms with E-state index in [2.05, 4.69) is 0 Å². The first kappa shape index (κ1) is 7.33. The predicted molar refractivity (Wildman–Crippen MR) is 37.3 cm³/mol. The summed E-state index contributed by atoms with van der Waals surface area (Å²) in [5, 5.41) is -1.38. The Bertz CT molecular complexity index is 123. The number of hydrogen-bond acceptors (Lipinski definition) is 0. The predicted octanol–water partition coefficient (Wildman–Crippen LogP) is 2.96.